The van der Waals surface area contributed by atoms with Gasteiger partial charge in [0.2, 0.25) is 0 Å². The van der Waals surface area contributed by atoms with Gasteiger partial charge in [0, 0.05) is 12.8 Å². The third kappa shape index (κ3) is 3.91. The molecular formula is C16H16N2O4. The van der Waals surface area contributed by atoms with Crippen molar-refractivity contribution in [2.24, 2.45) is 0 Å². The molecule has 0 aromatic heterocycles. The number of rotatable bonds is 5. The Morgan fingerprint density at radius 3 is 1.32 bits per heavy atom. The first-order valence-electron chi connectivity index (χ1n) is 6.73. The Morgan fingerprint density at radius 2 is 1.00 bits per heavy atom. The molecule has 2 rings (SSSR count). The van der Waals surface area contributed by atoms with Gasteiger partial charge in [-0.1, -0.05) is 36.4 Å². The van der Waals surface area contributed by atoms with E-state index in [1.807, 2.05) is 0 Å². The lowest BCUT2D eigenvalue weighted by Gasteiger charge is -2.17. The van der Waals surface area contributed by atoms with E-state index in [1.54, 1.807) is 60.7 Å². The molecule has 0 fully saturated rings. The van der Waals surface area contributed by atoms with E-state index in [4.69, 9.17) is 0 Å². The lowest BCUT2D eigenvalue weighted by molar-refractivity contribution is -0.128. The minimum absolute atomic E-state index is 0.214. The Kier molecular flexibility index (Phi) is 5.24. The SMILES string of the molecule is O=C(CCC(=O)N(O)c1ccccc1)N(O)c1ccccc1. The molecule has 0 aliphatic rings. The minimum Gasteiger partial charge on any atom is -0.281 e. The van der Waals surface area contributed by atoms with E-state index in [9.17, 15) is 20.0 Å². The molecule has 2 N–H and O–H groups in total. The maximum atomic E-state index is 11.8. The molecule has 6 nitrogen and oxygen atoms in total. The highest BCUT2D eigenvalue weighted by atomic mass is 16.5. The molecule has 0 saturated heterocycles. The van der Waals surface area contributed by atoms with Crippen LogP contribution in [0.25, 0.3) is 0 Å². The van der Waals surface area contributed by atoms with Crippen molar-refractivity contribution in [2.45, 2.75) is 12.8 Å². The third-order valence-electron chi connectivity index (χ3n) is 3.03. The molecule has 0 saturated carbocycles. The van der Waals surface area contributed by atoms with Gasteiger partial charge in [-0.05, 0) is 24.3 Å². The minimum atomic E-state index is -0.624. The lowest BCUT2D eigenvalue weighted by Crippen LogP contribution is -2.31. The zero-order valence-corrected chi connectivity index (χ0v) is 11.8. The lowest BCUT2D eigenvalue weighted by atomic mass is 10.2. The van der Waals surface area contributed by atoms with Crippen molar-refractivity contribution < 1.29 is 20.0 Å². The van der Waals surface area contributed by atoms with E-state index in [0.717, 1.165) is 0 Å². The van der Waals surface area contributed by atoms with Crippen molar-refractivity contribution in [1.29, 1.82) is 0 Å². The second kappa shape index (κ2) is 7.35. The highest BCUT2D eigenvalue weighted by Gasteiger charge is 2.18. The van der Waals surface area contributed by atoms with Crippen molar-refractivity contribution >= 4 is 23.2 Å². The van der Waals surface area contributed by atoms with E-state index in [-0.39, 0.29) is 12.8 Å². The van der Waals surface area contributed by atoms with Crippen LogP contribution in [0.2, 0.25) is 0 Å². The van der Waals surface area contributed by atoms with Crippen molar-refractivity contribution in [2.75, 3.05) is 10.1 Å². The van der Waals surface area contributed by atoms with Crippen LogP contribution in [0.5, 0.6) is 0 Å². The molecule has 6 heteroatoms. The summed E-state index contributed by atoms with van der Waals surface area (Å²) in [6.07, 6.45) is -0.428. The van der Waals surface area contributed by atoms with Crippen molar-refractivity contribution in [3.63, 3.8) is 0 Å². The molecule has 0 aliphatic heterocycles. The molecule has 0 atom stereocenters. The highest BCUT2D eigenvalue weighted by Crippen LogP contribution is 2.15. The summed E-state index contributed by atoms with van der Waals surface area (Å²) in [6, 6.07) is 16.5. The standard InChI is InChI=1S/C16H16N2O4/c19-15(17(21)13-7-3-1-4-8-13)11-12-16(20)18(22)14-9-5-2-6-10-14/h1-10,21-22H,11-12H2. The fourth-order valence-corrected chi connectivity index (χ4v) is 1.85. The summed E-state index contributed by atoms with van der Waals surface area (Å²) in [4.78, 5) is 23.7. The second-order valence-corrected chi connectivity index (χ2v) is 4.58. The number of hydrogen-bond acceptors (Lipinski definition) is 4. The predicted molar refractivity (Wildman–Crippen MR) is 80.7 cm³/mol. The molecule has 2 aromatic carbocycles. The average Bonchev–Trinajstić information content (AvgIpc) is 2.59. The van der Waals surface area contributed by atoms with Crippen LogP contribution < -0.4 is 10.1 Å². The van der Waals surface area contributed by atoms with Gasteiger partial charge in [0.05, 0.1) is 11.4 Å². The van der Waals surface area contributed by atoms with Crippen LogP contribution in [-0.2, 0) is 9.59 Å². The molecule has 0 aliphatic carbocycles. The van der Waals surface area contributed by atoms with E-state index in [1.165, 1.54) is 0 Å². The van der Waals surface area contributed by atoms with Crippen molar-refractivity contribution in [3.8, 4) is 0 Å². The summed E-state index contributed by atoms with van der Waals surface area (Å²) in [5, 5.41) is 20.5. The monoisotopic (exact) mass is 300 g/mol. The number of hydroxylamine groups is 2. The number of carbonyl (C=O) groups is 2. The Balaban J connectivity index is 1.89. The van der Waals surface area contributed by atoms with Crippen LogP contribution in [0.3, 0.4) is 0 Å². The number of anilines is 2. The Bertz CT molecular complexity index is 574. The summed E-state index contributed by atoms with van der Waals surface area (Å²) in [7, 11) is 0. The predicted octanol–water partition coefficient (Wildman–Crippen LogP) is 2.61. The number of nitrogens with zero attached hydrogens (tertiary/aromatic N) is 2. The van der Waals surface area contributed by atoms with Crippen molar-refractivity contribution in [1.82, 2.24) is 0 Å². The highest BCUT2D eigenvalue weighted by molar-refractivity contribution is 5.96. The normalized spacial score (nSPS) is 10.1. The van der Waals surface area contributed by atoms with Crippen LogP contribution >= 0.6 is 0 Å². The quantitative estimate of drug-likeness (QED) is 0.657. The summed E-state index contributed by atoms with van der Waals surface area (Å²) in [5.41, 5.74) is 0.646. The van der Waals surface area contributed by atoms with Gasteiger partial charge < -0.3 is 0 Å². The van der Waals surface area contributed by atoms with Gasteiger partial charge in [0.15, 0.2) is 0 Å². The Labute approximate surface area is 127 Å². The summed E-state index contributed by atoms with van der Waals surface area (Å²) >= 11 is 0. The summed E-state index contributed by atoms with van der Waals surface area (Å²) < 4.78 is 0. The van der Waals surface area contributed by atoms with Gasteiger partial charge in [-0.2, -0.15) is 10.1 Å². The largest absolute Gasteiger partial charge is 0.281 e. The zero-order chi connectivity index (χ0) is 15.9. The maximum absolute atomic E-state index is 11.8. The van der Waals surface area contributed by atoms with Gasteiger partial charge in [-0.25, -0.2) is 0 Å². The summed E-state index contributed by atoms with van der Waals surface area (Å²) in [6.45, 7) is 0. The van der Waals surface area contributed by atoms with E-state index >= 15 is 0 Å². The third-order valence-corrected chi connectivity index (χ3v) is 3.03. The molecule has 0 bridgehead atoms. The molecule has 22 heavy (non-hydrogen) atoms. The van der Waals surface area contributed by atoms with E-state index in [0.29, 0.717) is 21.5 Å². The van der Waals surface area contributed by atoms with Gasteiger partial charge in [-0.15, -0.1) is 0 Å². The van der Waals surface area contributed by atoms with E-state index < -0.39 is 11.8 Å². The summed E-state index contributed by atoms with van der Waals surface area (Å²) in [5.74, 6) is -1.25. The number of amides is 2. The fourth-order valence-electron chi connectivity index (χ4n) is 1.85. The average molecular weight is 300 g/mol. The van der Waals surface area contributed by atoms with Crippen LogP contribution in [0.4, 0.5) is 11.4 Å². The van der Waals surface area contributed by atoms with Gasteiger partial charge in [0.25, 0.3) is 11.8 Å². The first-order valence-corrected chi connectivity index (χ1v) is 6.73. The number of para-hydroxylation sites is 2. The molecule has 2 aromatic rings. The molecule has 0 radical (unpaired) electrons. The van der Waals surface area contributed by atoms with Gasteiger partial charge >= 0.3 is 0 Å². The number of carbonyl (C=O) groups excluding carboxylic acids is 2. The molecule has 0 spiro atoms. The molecule has 114 valence electrons. The zero-order valence-electron chi connectivity index (χ0n) is 11.8. The second-order valence-electron chi connectivity index (χ2n) is 4.58. The number of hydrogen-bond donors (Lipinski definition) is 2. The first-order chi connectivity index (χ1) is 10.6. The van der Waals surface area contributed by atoms with Gasteiger partial charge in [0.1, 0.15) is 0 Å². The van der Waals surface area contributed by atoms with Gasteiger partial charge in [-0.3, -0.25) is 20.0 Å². The molecule has 0 heterocycles. The molecular weight excluding hydrogens is 284 g/mol. The molecule has 0 unspecified atom stereocenters. The number of benzene rings is 2. The fraction of sp³-hybridized carbons (Fsp3) is 0.125. The Hall–Kier alpha value is -2.70. The molecule has 2 amide bonds. The van der Waals surface area contributed by atoms with Crippen molar-refractivity contribution in [3.05, 3.63) is 60.7 Å². The van der Waals surface area contributed by atoms with Crippen LogP contribution in [0.15, 0.2) is 60.7 Å². The smallest absolute Gasteiger partial charge is 0.251 e. The maximum Gasteiger partial charge on any atom is 0.251 e. The Morgan fingerprint density at radius 1 is 0.682 bits per heavy atom. The van der Waals surface area contributed by atoms with E-state index in [2.05, 4.69) is 0 Å². The van der Waals surface area contributed by atoms with Crippen LogP contribution in [-0.4, -0.2) is 22.2 Å². The van der Waals surface area contributed by atoms with Crippen LogP contribution in [0, 0.1) is 0 Å². The topological polar surface area (TPSA) is 81.1 Å². The first kappa shape index (κ1) is 15.7. The van der Waals surface area contributed by atoms with Crippen LogP contribution in [0.1, 0.15) is 12.8 Å².